The Morgan fingerprint density at radius 1 is 1.32 bits per heavy atom. The van der Waals surface area contributed by atoms with Crippen molar-refractivity contribution in [2.75, 3.05) is 13.7 Å². The van der Waals surface area contributed by atoms with Crippen LogP contribution in [0.25, 0.3) is 0 Å². The van der Waals surface area contributed by atoms with E-state index in [0.717, 1.165) is 16.9 Å². The number of hydrogen-bond donors (Lipinski definition) is 0. The second kappa shape index (κ2) is 6.41. The van der Waals surface area contributed by atoms with Gasteiger partial charge >= 0.3 is 5.97 Å². The normalized spacial score (nSPS) is 11.6. The quantitative estimate of drug-likeness (QED) is 0.602. The summed E-state index contributed by atoms with van der Waals surface area (Å²) in [5.74, 6) is 0.516. The Morgan fingerprint density at radius 3 is 2.58 bits per heavy atom. The molecule has 0 heterocycles. The molecule has 1 aromatic carbocycles. The van der Waals surface area contributed by atoms with E-state index in [-0.39, 0.29) is 11.4 Å². The van der Waals surface area contributed by atoms with Crippen molar-refractivity contribution in [3.8, 4) is 5.75 Å². The van der Waals surface area contributed by atoms with Crippen molar-refractivity contribution in [1.82, 2.24) is 0 Å². The van der Waals surface area contributed by atoms with Crippen LogP contribution < -0.4 is 4.74 Å². The van der Waals surface area contributed by atoms with Crippen LogP contribution >= 0.6 is 0 Å². The van der Waals surface area contributed by atoms with Crippen molar-refractivity contribution in [1.29, 1.82) is 0 Å². The fourth-order valence-corrected chi connectivity index (χ4v) is 1.80. The third kappa shape index (κ3) is 4.43. The van der Waals surface area contributed by atoms with Gasteiger partial charge in [0.05, 0.1) is 13.7 Å². The molecule has 0 atom stereocenters. The van der Waals surface area contributed by atoms with Gasteiger partial charge in [0.25, 0.3) is 0 Å². The van der Waals surface area contributed by atoms with Gasteiger partial charge in [-0.3, -0.25) is 0 Å². The number of aryl methyl sites for hydroxylation is 1. The van der Waals surface area contributed by atoms with Gasteiger partial charge in [-0.1, -0.05) is 26.0 Å². The standard InChI is InChI=1S/C16H22O3/c1-6-19-15(17)7-8-16(3,4)13-9-12(2)10-14(11-13)18-5/h7-11H,6H2,1-5H3/b8-7+. The average Bonchev–Trinajstić information content (AvgIpc) is 2.36. The van der Waals surface area contributed by atoms with E-state index < -0.39 is 0 Å². The van der Waals surface area contributed by atoms with Crippen LogP contribution in [0.15, 0.2) is 30.4 Å². The number of allylic oxidation sites excluding steroid dienone is 1. The van der Waals surface area contributed by atoms with Crippen molar-refractivity contribution in [3.05, 3.63) is 41.5 Å². The first kappa shape index (κ1) is 15.3. The highest BCUT2D eigenvalue weighted by atomic mass is 16.5. The summed E-state index contributed by atoms with van der Waals surface area (Å²) in [4.78, 5) is 11.4. The van der Waals surface area contributed by atoms with Crippen molar-refractivity contribution in [2.24, 2.45) is 0 Å². The molecule has 0 bridgehead atoms. The number of carbonyl (C=O) groups is 1. The van der Waals surface area contributed by atoms with Gasteiger partial charge < -0.3 is 9.47 Å². The first-order valence-electron chi connectivity index (χ1n) is 6.41. The minimum atomic E-state index is -0.310. The number of carbonyl (C=O) groups excluding carboxylic acids is 1. The van der Waals surface area contributed by atoms with Crippen LogP contribution in [0.2, 0.25) is 0 Å². The molecule has 0 fully saturated rings. The molecule has 1 rings (SSSR count). The SMILES string of the molecule is CCOC(=O)/C=C/C(C)(C)c1cc(C)cc(OC)c1. The zero-order chi connectivity index (χ0) is 14.5. The van der Waals surface area contributed by atoms with Gasteiger partial charge in [-0.15, -0.1) is 0 Å². The van der Waals surface area contributed by atoms with Crippen LogP contribution in [0, 0.1) is 6.92 Å². The maximum Gasteiger partial charge on any atom is 0.330 e. The van der Waals surface area contributed by atoms with Gasteiger partial charge in [-0.25, -0.2) is 4.79 Å². The number of methoxy groups -OCH3 is 1. The number of ether oxygens (including phenoxy) is 2. The lowest BCUT2D eigenvalue weighted by molar-refractivity contribution is -0.137. The van der Waals surface area contributed by atoms with Crippen molar-refractivity contribution in [3.63, 3.8) is 0 Å². The minimum absolute atomic E-state index is 0.258. The lowest BCUT2D eigenvalue weighted by Gasteiger charge is -2.22. The summed E-state index contributed by atoms with van der Waals surface area (Å²) >= 11 is 0. The van der Waals surface area contributed by atoms with Crippen LogP contribution in [0.1, 0.15) is 31.9 Å². The van der Waals surface area contributed by atoms with Gasteiger partial charge in [0.15, 0.2) is 0 Å². The van der Waals surface area contributed by atoms with Crippen molar-refractivity contribution in [2.45, 2.75) is 33.1 Å². The van der Waals surface area contributed by atoms with Gasteiger partial charge in [0, 0.05) is 11.5 Å². The smallest absolute Gasteiger partial charge is 0.330 e. The molecule has 0 aromatic heterocycles. The Balaban J connectivity index is 2.99. The van der Waals surface area contributed by atoms with Crippen molar-refractivity contribution >= 4 is 5.97 Å². The Hall–Kier alpha value is -1.77. The van der Waals surface area contributed by atoms with Gasteiger partial charge in [0.2, 0.25) is 0 Å². The van der Waals surface area contributed by atoms with Crippen molar-refractivity contribution < 1.29 is 14.3 Å². The van der Waals surface area contributed by atoms with Crippen LogP contribution in [0.3, 0.4) is 0 Å². The molecule has 0 amide bonds. The molecule has 0 N–H and O–H groups in total. The topological polar surface area (TPSA) is 35.5 Å². The van der Waals surface area contributed by atoms with Crippen LogP contribution in [0.5, 0.6) is 5.75 Å². The fourth-order valence-electron chi connectivity index (χ4n) is 1.80. The number of esters is 1. The Morgan fingerprint density at radius 2 is 2.00 bits per heavy atom. The minimum Gasteiger partial charge on any atom is -0.497 e. The van der Waals surface area contributed by atoms with Crippen LogP contribution in [0.4, 0.5) is 0 Å². The lowest BCUT2D eigenvalue weighted by atomic mass is 9.83. The first-order valence-corrected chi connectivity index (χ1v) is 6.41. The maximum absolute atomic E-state index is 11.4. The summed E-state index contributed by atoms with van der Waals surface area (Å²) in [6.45, 7) is 8.31. The molecule has 3 nitrogen and oxygen atoms in total. The summed E-state index contributed by atoms with van der Waals surface area (Å²) in [6, 6.07) is 6.06. The molecule has 0 saturated heterocycles. The molecule has 104 valence electrons. The molecule has 0 radical (unpaired) electrons. The number of benzene rings is 1. The lowest BCUT2D eigenvalue weighted by Crippen LogP contribution is -2.15. The highest BCUT2D eigenvalue weighted by molar-refractivity contribution is 5.82. The largest absolute Gasteiger partial charge is 0.497 e. The molecule has 0 aliphatic heterocycles. The van der Waals surface area contributed by atoms with Crippen LogP contribution in [-0.4, -0.2) is 19.7 Å². The molecular formula is C16H22O3. The van der Waals surface area contributed by atoms with E-state index in [1.807, 2.05) is 25.1 Å². The third-order valence-electron chi connectivity index (χ3n) is 2.95. The van der Waals surface area contributed by atoms with E-state index in [1.54, 1.807) is 14.0 Å². The molecule has 0 saturated carbocycles. The summed E-state index contributed by atoms with van der Waals surface area (Å²) < 4.78 is 10.2. The fraction of sp³-hybridized carbons (Fsp3) is 0.438. The number of hydrogen-bond acceptors (Lipinski definition) is 3. The predicted molar refractivity (Wildman–Crippen MR) is 76.5 cm³/mol. The second-order valence-corrected chi connectivity index (χ2v) is 5.05. The zero-order valence-corrected chi connectivity index (χ0v) is 12.3. The van der Waals surface area contributed by atoms with E-state index in [4.69, 9.17) is 9.47 Å². The average molecular weight is 262 g/mol. The van der Waals surface area contributed by atoms with Gasteiger partial charge in [-0.05, 0) is 37.1 Å². The van der Waals surface area contributed by atoms with Crippen LogP contribution in [-0.2, 0) is 14.9 Å². The summed E-state index contributed by atoms with van der Waals surface area (Å²) in [5.41, 5.74) is 1.98. The first-order chi connectivity index (χ1) is 8.89. The Labute approximate surface area is 115 Å². The summed E-state index contributed by atoms with van der Waals surface area (Å²) in [7, 11) is 1.65. The molecule has 19 heavy (non-hydrogen) atoms. The Bertz CT molecular complexity index is 473. The molecule has 0 spiro atoms. The third-order valence-corrected chi connectivity index (χ3v) is 2.95. The molecule has 3 heteroatoms. The van der Waals surface area contributed by atoms with Gasteiger partial charge in [0.1, 0.15) is 5.75 Å². The second-order valence-electron chi connectivity index (χ2n) is 5.05. The maximum atomic E-state index is 11.4. The zero-order valence-electron chi connectivity index (χ0n) is 12.3. The molecule has 1 aromatic rings. The monoisotopic (exact) mass is 262 g/mol. The molecule has 0 aliphatic rings. The van der Waals surface area contributed by atoms with E-state index in [9.17, 15) is 4.79 Å². The molecular weight excluding hydrogens is 240 g/mol. The van der Waals surface area contributed by atoms with E-state index in [1.165, 1.54) is 6.08 Å². The van der Waals surface area contributed by atoms with E-state index in [0.29, 0.717) is 6.61 Å². The predicted octanol–water partition coefficient (Wildman–Crippen LogP) is 3.40. The highest BCUT2D eigenvalue weighted by Gasteiger charge is 2.18. The Kier molecular flexibility index (Phi) is 5.16. The van der Waals surface area contributed by atoms with E-state index in [2.05, 4.69) is 19.9 Å². The summed E-state index contributed by atoms with van der Waals surface area (Å²) in [6.07, 6.45) is 3.34. The number of rotatable bonds is 5. The molecule has 0 unspecified atom stereocenters. The van der Waals surface area contributed by atoms with E-state index >= 15 is 0 Å². The highest BCUT2D eigenvalue weighted by Crippen LogP contribution is 2.29. The molecule has 0 aliphatic carbocycles. The van der Waals surface area contributed by atoms with Gasteiger partial charge in [-0.2, -0.15) is 0 Å². The summed E-state index contributed by atoms with van der Waals surface area (Å²) in [5, 5.41) is 0.